The summed E-state index contributed by atoms with van der Waals surface area (Å²) in [5, 5.41) is 15.4. The second kappa shape index (κ2) is 6.81. The molecule has 2 unspecified atom stereocenters. The first-order chi connectivity index (χ1) is 9.20. The average molecular weight is 269 g/mol. The van der Waals surface area contributed by atoms with Gasteiger partial charge in [-0.05, 0) is 12.1 Å². The molecule has 2 rings (SSSR count). The van der Waals surface area contributed by atoms with Gasteiger partial charge in [-0.25, -0.2) is 4.39 Å². The molecule has 0 spiro atoms. The molecule has 2 atom stereocenters. The second-order valence-electron chi connectivity index (χ2n) is 4.57. The van der Waals surface area contributed by atoms with Crippen LogP contribution in [0, 0.1) is 5.82 Å². The van der Waals surface area contributed by atoms with Gasteiger partial charge in [0.1, 0.15) is 5.82 Å². The van der Waals surface area contributed by atoms with Crippen LogP contribution >= 0.6 is 0 Å². The number of nitrogens with one attached hydrogen (secondary N) is 2. The van der Waals surface area contributed by atoms with Gasteiger partial charge in [-0.2, -0.15) is 0 Å². The molecule has 0 bridgehead atoms. The topological polar surface area (TPSA) is 79.5 Å². The molecule has 1 aliphatic rings. The maximum atomic E-state index is 14.0. The van der Waals surface area contributed by atoms with E-state index in [4.69, 9.17) is 10.5 Å². The summed E-state index contributed by atoms with van der Waals surface area (Å²) in [5.41, 5.74) is 6.48. The summed E-state index contributed by atoms with van der Waals surface area (Å²) < 4.78 is 19.5. The first-order valence-electron chi connectivity index (χ1n) is 6.44. The van der Waals surface area contributed by atoms with Crippen LogP contribution in [-0.2, 0) is 4.74 Å². The Balaban J connectivity index is 2.00. The molecular weight excluding hydrogens is 249 g/mol. The predicted octanol–water partition coefficient (Wildman–Crippen LogP) is 0.218. The number of morpholine rings is 1. The van der Waals surface area contributed by atoms with Crippen LogP contribution in [0.3, 0.4) is 0 Å². The van der Waals surface area contributed by atoms with Gasteiger partial charge in [0.05, 0.1) is 18.8 Å². The van der Waals surface area contributed by atoms with E-state index >= 15 is 0 Å². The van der Waals surface area contributed by atoms with Gasteiger partial charge in [-0.15, -0.1) is 0 Å². The summed E-state index contributed by atoms with van der Waals surface area (Å²) in [4.78, 5) is 0. The van der Waals surface area contributed by atoms with E-state index in [0.29, 0.717) is 30.9 Å². The molecule has 5 nitrogen and oxygen atoms in total. The highest BCUT2D eigenvalue weighted by Gasteiger charge is 2.19. The quantitative estimate of drug-likeness (QED) is 0.615. The monoisotopic (exact) mass is 269 g/mol. The first-order valence-corrected chi connectivity index (χ1v) is 6.44. The molecule has 0 radical (unpaired) electrons. The highest BCUT2D eigenvalue weighted by molar-refractivity contribution is 5.46. The summed E-state index contributed by atoms with van der Waals surface area (Å²) in [6.07, 6.45) is -0.869. The van der Waals surface area contributed by atoms with Crippen molar-refractivity contribution in [2.24, 2.45) is 5.73 Å². The lowest BCUT2D eigenvalue weighted by Crippen LogP contribution is -2.33. The molecule has 1 heterocycles. The molecule has 1 saturated heterocycles. The lowest BCUT2D eigenvalue weighted by molar-refractivity contribution is 0.0255. The fourth-order valence-corrected chi connectivity index (χ4v) is 1.98. The lowest BCUT2D eigenvalue weighted by Gasteiger charge is -2.24. The Morgan fingerprint density at radius 1 is 1.58 bits per heavy atom. The molecule has 1 aromatic carbocycles. The molecule has 5 N–H and O–H groups in total. The maximum Gasteiger partial charge on any atom is 0.131 e. The molecule has 1 fully saturated rings. The van der Waals surface area contributed by atoms with Crippen LogP contribution < -0.4 is 16.4 Å². The molecule has 6 heteroatoms. The van der Waals surface area contributed by atoms with Crippen molar-refractivity contribution in [3.63, 3.8) is 0 Å². The zero-order valence-electron chi connectivity index (χ0n) is 10.7. The van der Waals surface area contributed by atoms with Crippen LogP contribution in [-0.4, -0.2) is 44.0 Å². The number of hydrogen-bond acceptors (Lipinski definition) is 5. The number of halogens is 1. The Kier molecular flexibility index (Phi) is 5.09. The van der Waals surface area contributed by atoms with Crippen LogP contribution in [0.15, 0.2) is 18.2 Å². The van der Waals surface area contributed by atoms with Gasteiger partial charge in [0.2, 0.25) is 0 Å². The van der Waals surface area contributed by atoms with Crippen molar-refractivity contribution < 1.29 is 14.2 Å². The van der Waals surface area contributed by atoms with Crippen molar-refractivity contribution in [3.05, 3.63) is 29.6 Å². The number of hydrogen-bond donors (Lipinski definition) is 4. The summed E-state index contributed by atoms with van der Waals surface area (Å²) in [7, 11) is 0. The van der Waals surface area contributed by atoms with Gasteiger partial charge < -0.3 is 26.2 Å². The van der Waals surface area contributed by atoms with E-state index in [1.165, 1.54) is 6.07 Å². The predicted molar refractivity (Wildman–Crippen MR) is 71.5 cm³/mol. The third kappa shape index (κ3) is 3.87. The molecule has 19 heavy (non-hydrogen) atoms. The van der Waals surface area contributed by atoms with Gasteiger partial charge in [-0.1, -0.05) is 6.07 Å². The fourth-order valence-electron chi connectivity index (χ4n) is 1.98. The Labute approximate surface area is 111 Å². The average Bonchev–Trinajstić information content (AvgIpc) is 2.45. The van der Waals surface area contributed by atoms with Crippen molar-refractivity contribution in [3.8, 4) is 0 Å². The van der Waals surface area contributed by atoms with E-state index in [2.05, 4.69) is 10.6 Å². The van der Waals surface area contributed by atoms with Gasteiger partial charge in [-0.3, -0.25) is 0 Å². The van der Waals surface area contributed by atoms with E-state index in [1.807, 2.05) is 0 Å². The Morgan fingerprint density at radius 2 is 2.42 bits per heavy atom. The van der Waals surface area contributed by atoms with E-state index in [-0.39, 0.29) is 18.5 Å². The Hall–Kier alpha value is -1.21. The smallest absolute Gasteiger partial charge is 0.131 e. The lowest BCUT2D eigenvalue weighted by atomic mass is 10.1. The number of aliphatic hydroxyl groups excluding tert-OH is 1. The van der Waals surface area contributed by atoms with Crippen LogP contribution in [0.25, 0.3) is 0 Å². The van der Waals surface area contributed by atoms with E-state index in [0.717, 1.165) is 6.54 Å². The van der Waals surface area contributed by atoms with Crippen molar-refractivity contribution in [2.75, 3.05) is 38.1 Å². The summed E-state index contributed by atoms with van der Waals surface area (Å²) in [6.45, 7) is 2.49. The minimum atomic E-state index is -0.631. The van der Waals surface area contributed by atoms with Gasteiger partial charge in [0.15, 0.2) is 0 Å². The number of nitrogens with two attached hydrogens (primary N) is 1. The van der Waals surface area contributed by atoms with Crippen molar-refractivity contribution in [1.29, 1.82) is 0 Å². The van der Waals surface area contributed by atoms with Crippen molar-refractivity contribution in [2.45, 2.75) is 12.2 Å². The number of benzene rings is 1. The molecule has 106 valence electrons. The van der Waals surface area contributed by atoms with E-state index < -0.39 is 6.10 Å². The van der Waals surface area contributed by atoms with Crippen LogP contribution in [0.1, 0.15) is 11.7 Å². The number of ether oxygens (including phenoxy) is 1. The summed E-state index contributed by atoms with van der Waals surface area (Å²) >= 11 is 0. The molecule has 0 saturated carbocycles. The molecule has 0 aromatic heterocycles. The highest BCUT2D eigenvalue weighted by atomic mass is 19.1. The van der Waals surface area contributed by atoms with Gasteiger partial charge in [0.25, 0.3) is 0 Å². The third-order valence-electron chi connectivity index (χ3n) is 3.09. The number of rotatable bonds is 5. The fraction of sp³-hybridized carbons (Fsp3) is 0.538. The SMILES string of the molecule is NCC(O)CNc1ccc(C2CNCCO2)c(F)c1. The largest absolute Gasteiger partial charge is 0.390 e. The third-order valence-corrected chi connectivity index (χ3v) is 3.09. The summed E-state index contributed by atoms with van der Waals surface area (Å²) in [6, 6.07) is 4.90. The first kappa shape index (κ1) is 14.2. The van der Waals surface area contributed by atoms with Crippen LogP contribution in [0.4, 0.5) is 10.1 Å². The Morgan fingerprint density at radius 3 is 3.05 bits per heavy atom. The zero-order chi connectivity index (χ0) is 13.7. The van der Waals surface area contributed by atoms with Crippen LogP contribution in [0.5, 0.6) is 0 Å². The standard InChI is InChI=1S/C13H20FN3O2/c14-12-5-9(17-7-10(18)6-15)1-2-11(12)13-8-16-3-4-19-13/h1-2,5,10,13,16-18H,3-4,6-8,15H2. The van der Waals surface area contributed by atoms with Gasteiger partial charge >= 0.3 is 0 Å². The molecule has 0 aliphatic carbocycles. The van der Waals surface area contributed by atoms with E-state index in [1.54, 1.807) is 12.1 Å². The van der Waals surface area contributed by atoms with Crippen LogP contribution in [0.2, 0.25) is 0 Å². The number of anilines is 1. The molecular formula is C13H20FN3O2. The minimum Gasteiger partial charge on any atom is -0.390 e. The zero-order valence-corrected chi connectivity index (χ0v) is 10.7. The van der Waals surface area contributed by atoms with Gasteiger partial charge in [0, 0.05) is 37.4 Å². The highest BCUT2D eigenvalue weighted by Crippen LogP contribution is 2.24. The summed E-state index contributed by atoms with van der Waals surface area (Å²) in [5.74, 6) is -0.305. The minimum absolute atomic E-state index is 0.176. The molecule has 1 aromatic rings. The van der Waals surface area contributed by atoms with Crippen molar-refractivity contribution >= 4 is 5.69 Å². The second-order valence-corrected chi connectivity index (χ2v) is 4.57. The maximum absolute atomic E-state index is 14.0. The van der Waals surface area contributed by atoms with E-state index in [9.17, 15) is 9.50 Å². The Bertz CT molecular complexity index is 411. The normalized spacial score (nSPS) is 21.1. The number of aliphatic hydroxyl groups is 1. The molecule has 0 amide bonds. The molecule has 1 aliphatic heterocycles. The van der Waals surface area contributed by atoms with Crippen molar-refractivity contribution in [1.82, 2.24) is 5.32 Å².